The molecular weight excluding hydrogens is 986 g/mol. The van der Waals surface area contributed by atoms with Crippen LogP contribution in [0.4, 0.5) is 9.59 Å². The molecule has 2 fully saturated rings. The number of hydrogen-bond donors (Lipinski definition) is 1. The van der Waals surface area contributed by atoms with Crippen molar-refractivity contribution in [2.24, 2.45) is 0 Å². The molecule has 298 valence electrons. The topological polar surface area (TPSA) is 204 Å². The molecule has 56 heavy (non-hydrogen) atoms. The molecule has 2 spiro atoms. The van der Waals surface area contributed by atoms with Gasteiger partial charge in [0, 0.05) is 32.9 Å². The van der Waals surface area contributed by atoms with Crippen LogP contribution in [-0.4, -0.2) is 70.4 Å². The van der Waals surface area contributed by atoms with E-state index in [9.17, 15) is 28.8 Å². The second-order valence-electron chi connectivity index (χ2n) is 13.9. The Balaban J connectivity index is 0. The Labute approximate surface area is 437 Å². The van der Waals surface area contributed by atoms with Gasteiger partial charge in [0.15, 0.2) is 0 Å². The Hall–Kier alpha value is -0.597. The Morgan fingerprint density at radius 1 is 0.857 bits per heavy atom. The van der Waals surface area contributed by atoms with Gasteiger partial charge >= 0.3 is 127 Å². The number of halogens is 3. The van der Waals surface area contributed by atoms with Gasteiger partial charge in [-0.15, -0.1) is 0 Å². The molecule has 0 bridgehead atoms. The molecule has 0 aromatic heterocycles. The van der Waals surface area contributed by atoms with Crippen molar-refractivity contribution in [3.63, 3.8) is 0 Å². The van der Waals surface area contributed by atoms with Crippen molar-refractivity contribution in [3.8, 4) is 0 Å². The molecule has 2 atom stereocenters. The van der Waals surface area contributed by atoms with Crippen molar-refractivity contribution in [3.05, 3.63) is 67.6 Å². The van der Waals surface area contributed by atoms with Crippen molar-refractivity contribution < 1.29 is 167 Å². The van der Waals surface area contributed by atoms with Crippen LogP contribution in [0.5, 0.6) is 0 Å². The molecule has 20 heteroatoms. The quantitative estimate of drug-likeness (QED) is 0.0796. The first kappa shape index (κ1) is 55.4. The normalized spacial score (nSPS) is 19.6. The molecule has 2 heterocycles. The summed E-state index contributed by atoms with van der Waals surface area (Å²) in [6, 6.07) is 11.2. The number of nitrogens with one attached hydrogen (secondary N) is 1. The number of esters is 2. The molecule has 1 N–H and O–H groups in total. The van der Waals surface area contributed by atoms with Gasteiger partial charge in [-0.1, -0.05) is 67.3 Å². The van der Waals surface area contributed by atoms with Crippen LogP contribution in [0, 0.1) is 0 Å². The van der Waals surface area contributed by atoms with Crippen LogP contribution in [-0.2, 0) is 71.9 Å². The number of aryl methyl sites for hydroxylation is 2. The molecule has 0 saturated carbocycles. The zero-order valence-electron chi connectivity index (χ0n) is 32.7. The minimum absolute atomic E-state index is 0. The minimum Gasteiger partial charge on any atom is -1.00 e. The molecule has 6 rings (SSSR count). The monoisotopic (exact) mass is 1030 g/mol. The van der Waals surface area contributed by atoms with E-state index in [-0.39, 0.29) is 141 Å². The van der Waals surface area contributed by atoms with Gasteiger partial charge in [0.2, 0.25) is 11.2 Å². The molecule has 15 nitrogen and oxygen atoms in total. The third kappa shape index (κ3) is 14.5. The number of alkyl carbamates (subject to hydrolysis) is 1. The second-order valence-corrected chi connectivity index (χ2v) is 16.3. The van der Waals surface area contributed by atoms with E-state index in [0.717, 1.165) is 37.0 Å². The number of ether oxygens (including phenoxy) is 4. The molecule has 2 aromatic carbocycles. The minimum atomic E-state index is -1.31. The first-order valence-corrected chi connectivity index (χ1v) is 18.7. The van der Waals surface area contributed by atoms with E-state index in [4.69, 9.17) is 29.0 Å². The van der Waals surface area contributed by atoms with Crippen LogP contribution < -0.4 is 113 Å². The Kier molecular flexibility index (Phi) is 23.2. The number of imide groups is 2. The zero-order chi connectivity index (χ0) is 39.9. The van der Waals surface area contributed by atoms with Crippen molar-refractivity contribution in [2.75, 3.05) is 11.9 Å². The average molecular weight is 1030 g/mol. The fourth-order valence-corrected chi connectivity index (χ4v) is 6.80. The number of rotatable bonds is 4. The number of fused-ring (bicyclic) bond motifs is 4. The summed E-state index contributed by atoms with van der Waals surface area (Å²) in [7, 11) is 0. The van der Waals surface area contributed by atoms with E-state index >= 15 is 0 Å². The molecule has 4 aliphatic rings. The second kappa shape index (κ2) is 23.4. The van der Waals surface area contributed by atoms with Crippen molar-refractivity contribution in [2.45, 2.75) is 97.1 Å². The van der Waals surface area contributed by atoms with E-state index in [1.165, 1.54) is 0 Å². The Morgan fingerprint density at radius 3 is 1.70 bits per heavy atom. The summed E-state index contributed by atoms with van der Waals surface area (Å²) in [4.78, 5) is 82.6. The maximum atomic E-state index is 12.8. The van der Waals surface area contributed by atoms with Gasteiger partial charge in [0.25, 0.3) is 18.3 Å². The maximum absolute atomic E-state index is 12.8. The van der Waals surface area contributed by atoms with Gasteiger partial charge in [-0.25, -0.2) is 14.5 Å². The molecule has 4 amide bonds. The first-order valence-electron chi connectivity index (χ1n) is 16.0. The summed E-state index contributed by atoms with van der Waals surface area (Å²) in [5.41, 5.74) is 0.0829. The molecule has 2 saturated heterocycles. The third-order valence-corrected chi connectivity index (χ3v) is 9.14. The number of amides is 4. The maximum Gasteiger partial charge on any atom is 1.00 e. The number of benzene rings is 2. The summed E-state index contributed by atoms with van der Waals surface area (Å²) in [6.45, 7) is 10.1. The van der Waals surface area contributed by atoms with E-state index in [1.807, 2.05) is 51.1 Å². The Morgan fingerprint density at radius 2 is 1.30 bits per heavy atom. The summed E-state index contributed by atoms with van der Waals surface area (Å²) in [5, 5.41) is 10.9. The van der Waals surface area contributed by atoms with E-state index in [1.54, 1.807) is 26.8 Å². The van der Waals surface area contributed by atoms with Gasteiger partial charge < -0.3 is 30.5 Å². The van der Waals surface area contributed by atoms with Gasteiger partial charge in [-0.05, 0) is 89.8 Å². The van der Waals surface area contributed by atoms with Gasteiger partial charge in [-0.2, -0.15) is 0 Å². The van der Waals surface area contributed by atoms with Crippen LogP contribution in [0.15, 0.2) is 45.3 Å². The van der Waals surface area contributed by atoms with Crippen molar-refractivity contribution in [1.82, 2.24) is 10.2 Å². The fraction of sp³-hybridized carbons (Fsp3) is 0.472. The van der Waals surface area contributed by atoms with Crippen LogP contribution in [0.25, 0.3) is 0 Å². The van der Waals surface area contributed by atoms with Crippen LogP contribution >= 0.6 is 47.8 Å². The van der Waals surface area contributed by atoms with Crippen LogP contribution in [0.2, 0.25) is 0 Å². The molecule has 2 aliphatic heterocycles. The predicted molar refractivity (Wildman–Crippen MR) is 202 cm³/mol. The fourth-order valence-electron chi connectivity index (χ4n) is 5.87. The van der Waals surface area contributed by atoms with Gasteiger partial charge in [0.1, 0.15) is 23.1 Å². The first-order chi connectivity index (χ1) is 24.6. The van der Waals surface area contributed by atoms with Crippen LogP contribution in [0.1, 0.15) is 85.5 Å². The van der Waals surface area contributed by atoms with E-state index in [0.29, 0.717) is 24.8 Å². The third-order valence-electron chi connectivity index (χ3n) is 7.70. The molecule has 0 unspecified atom stereocenters. The smallest absolute Gasteiger partial charge is 1.00 e. The van der Waals surface area contributed by atoms with Gasteiger partial charge in [-0.3, -0.25) is 29.3 Å². The SMILES string of the molecule is C.CC(C)(C)OC(=O)CBr.CC(C)(C)OC(=O)CN1C(=O)O[C@]2(CCc3cc(Br)ccc32)C1=O.O=C1NC(=O)[C@@]2(CCc3cc(Br)ccc32)O1.O=CO[O-].[H-].[K+].[K+]. The van der Waals surface area contributed by atoms with E-state index in [2.05, 4.69) is 58.0 Å². The number of nitrogens with zero attached hydrogens (tertiary/aromatic N) is 1. The molecule has 2 aromatic rings. The zero-order valence-corrected chi connectivity index (χ0v) is 42.7. The van der Waals surface area contributed by atoms with Crippen LogP contribution in [0.3, 0.4) is 0 Å². The number of carbonyl (C=O) groups is 7. The number of hydrogen-bond acceptors (Lipinski definition) is 13. The summed E-state index contributed by atoms with van der Waals surface area (Å²) in [5.74, 6) is -1.71. The molecule has 2 aliphatic carbocycles. The molecular formula is C36H43Br3K2N2O13. The predicted octanol–water partition coefficient (Wildman–Crippen LogP) is -0.318. The van der Waals surface area contributed by atoms with Crippen molar-refractivity contribution >= 4 is 90.2 Å². The molecule has 0 radical (unpaired) electrons. The van der Waals surface area contributed by atoms with Gasteiger partial charge in [0.05, 0.1) is 0 Å². The number of alkyl halides is 1. The summed E-state index contributed by atoms with van der Waals surface area (Å²) >= 11 is 9.77. The Bertz CT molecular complexity index is 1790. The van der Waals surface area contributed by atoms with Crippen molar-refractivity contribution in [1.29, 1.82) is 0 Å². The number of carbonyl (C=O) groups excluding carboxylic acids is 7. The summed E-state index contributed by atoms with van der Waals surface area (Å²) in [6.07, 6.45) is 0.830. The standard InChI is InChI=1S/C17H18BrNO5.C11H8BrNO3.C6H11BrO2.CH2O3.CH4.2K.H/c1-16(2,3)23-13(20)9-19-14(21)17(24-15(19)22)7-6-10-8-11(18)4-5-12(10)17;12-7-1-2-8-6(5-7)3-4-11(8)9(14)13-10(15)16-11;1-6(2,3)9-5(8)4-7;2-1-4-3;;;;/h4-5,8H,6-7,9H2,1-3H3;1-2,5H,3-4H2,(H,13,14,15);4H2,1-3H3;1,3H;1H4;;;/q;;;;;2*+1;-1/p-1/t17-;11-;;;;;;/m00....../s1. The summed E-state index contributed by atoms with van der Waals surface area (Å²) < 4.78 is 22.6. The van der Waals surface area contributed by atoms with E-state index < -0.39 is 47.4 Å². The average Bonchev–Trinajstić information content (AvgIpc) is 3.75. The largest absolute Gasteiger partial charge is 1.00 e.